The van der Waals surface area contributed by atoms with E-state index in [9.17, 15) is 23.1 Å². The lowest BCUT2D eigenvalue weighted by molar-refractivity contribution is -0.139. The monoisotopic (exact) mass is 432 g/mol. The van der Waals surface area contributed by atoms with E-state index in [2.05, 4.69) is 15.0 Å². The zero-order chi connectivity index (χ0) is 22.2. The summed E-state index contributed by atoms with van der Waals surface area (Å²) in [5.74, 6) is 0.239. The van der Waals surface area contributed by atoms with Crippen molar-refractivity contribution < 1.29 is 18.3 Å². The second-order valence-corrected chi connectivity index (χ2v) is 8.12. The van der Waals surface area contributed by atoms with E-state index < -0.39 is 28.9 Å². The zero-order valence-electron chi connectivity index (χ0n) is 17.1. The van der Waals surface area contributed by atoms with Crippen LogP contribution in [0.15, 0.2) is 35.4 Å². The molecule has 0 aromatic carbocycles. The molecule has 9 heteroatoms. The fraction of sp³-hybridized carbons (Fsp3) is 0.455. The maximum Gasteiger partial charge on any atom is 0.434 e. The predicted octanol–water partition coefficient (Wildman–Crippen LogP) is 5.11. The second kappa shape index (κ2) is 8.28. The number of aromatic hydroxyl groups is 1. The summed E-state index contributed by atoms with van der Waals surface area (Å²) < 4.78 is 42.0. The maximum atomic E-state index is 13.6. The lowest BCUT2D eigenvalue weighted by Gasteiger charge is -2.27. The quantitative estimate of drug-likeness (QED) is 0.620. The molecule has 0 amide bonds. The van der Waals surface area contributed by atoms with Crippen LogP contribution < -0.4 is 5.56 Å². The number of halogens is 3. The average molecular weight is 432 g/mol. The van der Waals surface area contributed by atoms with E-state index >= 15 is 0 Å². The van der Waals surface area contributed by atoms with E-state index in [-0.39, 0.29) is 22.8 Å². The van der Waals surface area contributed by atoms with Crippen molar-refractivity contribution in [2.75, 3.05) is 0 Å². The summed E-state index contributed by atoms with van der Waals surface area (Å²) in [6.07, 6.45) is 3.71. The summed E-state index contributed by atoms with van der Waals surface area (Å²) in [5, 5.41) is 9.76. The van der Waals surface area contributed by atoms with Gasteiger partial charge in [0.25, 0.3) is 5.56 Å². The third-order valence-electron chi connectivity index (χ3n) is 5.92. The van der Waals surface area contributed by atoms with Crippen LogP contribution in [0.3, 0.4) is 0 Å². The Bertz CT molecular complexity index is 1150. The van der Waals surface area contributed by atoms with Crippen molar-refractivity contribution in [3.05, 3.63) is 46.6 Å². The molecule has 1 atom stereocenters. The van der Waals surface area contributed by atoms with Crippen LogP contribution in [0.2, 0.25) is 0 Å². The van der Waals surface area contributed by atoms with Crippen molar-refractivity contribution in [1.82, 2.24) is 19.5 Å². The summed E-state index contributed by atoms with van der Waals surface area (Å²) in [7, 11) is 0. The highest BCUT2D eigenvalue weighted by Crippen LogP contribution is 2.35. The summed E-state index contributed by atoms with van der Waals surface area (Å²) in [5.41, 5.74) is -2.15. The van der Waals surface area contributed by atoms with Crippen LogP contribution in [0.4, 0.5) is 13.2 Å². The fourth-order valence-electron chi connectivity index (χ4n) is 4.51. The molecule has 3 aromatic rings. The molecule has 1 unspecified atom stereocenters. The van der Waals surface area contributed by atoms with Crippen LogP contribution in [-0.2, 0) is 6.18 Å². The molecule has 3 aromatic heterocycles. The third kappa shape index (κ3) is 4.13. The standard InChI is InChI=1S/C22H23F3N4O2/c1-13(12-14-6-3-2-4-7-14)29-20(18-16(30)8-5-10-26-18)28-15-9-11-27-19(22(23,24)25)17(15)21(29)31/h5,8-11,13-14,30H,2-4,6-7,12H2,1H3. The third-order valence-corrected chi connectivity index (χ3v) is 5.92. The number of fused-ring (bicyclic) bond motifs is 1. The first-order valence-electron chi connectivity index (χ1n) is 10.4. The number of hydrogen-bond donors (Lipinski definition) is 1. The van der Waals surface area contributed by atoms with Crippen LogP contribution >= 0.6 is 0 Å². The molecule has 164 valence electrons. The fourth-order valence-corrected chi connectivity index (χ4v) is 4.51. The summed E-state index contributed by atoms with van der Waals surface area (Å²) in [6, 6.07) is 3.78. The molecule has 0 radical (unpaired) electrons. The summed E-state index contributed by atoms with van der Waals surface area (Å²) in [4.78, 5) is 25.4. The Morgan fingerprint density at radius 3 is 2.58 bits per heavy atom. The molecule has 0 spiro atoms. The Morgan fingerprint density at radius 1 is 1.16 bits per heavy atom. The van der Waals surface area contributed by atoms with Crippen LogP contribution in [0.5, 0.6) is 5.75 Å². The van der Waals surface area contributed by atoms with Crippen LogP contribution in [-0.4, -0.2) is 24.6 Å². The minimum absolute atomic E-state index is 0.0539. The minimum Gasteiger partial charge on any atom is -0.506 e. The number of rotatable bonds is 4. The lowest BCUT2D eigenvalue weighted by Crippen LogP contribution is -2.30. The number of hydrogen-bond acceptors (Lipinski definition) is 5. The molecule has 3 heterocycles. The zero-order valence-corrected chi connectivity index (χ0v) is 17.1. The summed E-state index contributed by atoms with van der Waals surface area (Å²) >= 11 is 0. The Kier molecular flexibility index (Phi) is 5.68. The molecule has 1 fully saturated rings. The maximum absolute atomic E-state index is 13.6. The molecule has 6 nitrogen and oxygen atoms in total. The first kappa shape index (κ1) is 21.3. The lowest BCUT2D eigenvalue weighted by atomic mass is 9.85. The van der Waals surface area contributed by atoms with Gasteiger partial charge < -0.3 is 5.11 Å². The molecule has 31 heavy (non-hydrogen) atoms. The number of alkyl halides is 3. The average Bonchev–Trinajstić information content (AvgIpc) is 2.73. The van der Waals surface area contributed by atoms with Crippen molar-refractivity contribution in [1.29, 1.82) is 0 Å². The van der Waals surface area contributed by atoms with Crippen LogP contribution in [0.1, 0.15) is 57.2 Å². The molecule has 0 bridgehead atoms. The Hall–Kier alpha value is -2.97. The van der Waals surface area contributed by atoms with E-state index in [4.69, 9.17) is 0 Å². The van der Waals surface area contributed by atoms with Crippen molar-refractivity contribution in [3.63, 3.8) is 0 Å². The molecule has 4 rings (SSSR count). The van der Waals surface area contributed by atoms with E-state index in [0.29, 0.717) is 12.3 Å². The molecule has 1 aliphatic rings. The minimum atomic E-state index is -4.79. The van der Waals surface area contributed by atoms with Gasteiger partial charge in [0.2, 0.25) is 0 Å². The van der Waals surface area contributed by atoms with Gasteiger partial charge in [-0.25, -0.2) is 9.97 Å². The van der Waals surface area contributed by atoms with E-state index in [1.165, 1.54) is 35.4 Å². The first-order chi connectivity index (χ1) is 14.8. The number of nitrogens with zero attached hydrogens (tertiary/aromatic N) is 4. The molecular formula is C22H23F3N4O2. The Morgan fingerprint density at radius 2 is 1.90 bits per heavy atom. The predicted molar refractivity (Wildman–Crippen MR) is 110 cm³/mol. The van der Waals surface area contributed by atoms with Gasteiger partial charge in [-0.1, -0.05) is 32.1 Å². The van der Waals surface area contributed by atoms with Crippen molar-refractivity contribution >= 4 is 10.9 Å². The SMILES string of the molecule is CC(CC1CCCCC1)n1c(-c2ncccc2O)nc2ccnc(C(F)(F)F)c2c1=O. The highest BCUT2D eigenvalue weighted by atomic mass is 19.4. The van der Waals surface area contributed by atoms with Gasteiger partial charge in [0, 0.05) is 18.4 Å². The molecular weight excluding hydrogens is 409 g/mol. The van der Waals surface area contributed by atoms with Gasteiger partial charge in [-0.2, -0.15) is 13.2 Å². The van der Waals surface area contributed by atoms with E-state index in [1.807, 2.05) is 0 Å². The van der Waals surface area contributed by atoms with Gasteiger partial charge in [-0.15, -0.1) is 0 Å². The second-order valence-electron chi connectivity index (χ2n) is 8.12. The normalized spacial score (nSPS) is 16.5. The molecule has 1 aliphatic carbocycles. The molecule has 1 saturated carbocycles. The van der Waals surface area contributed by atoms with Gasteiger partial charge >= 0.3 is 6.18 Å². The largest absolute Gasteiger partial charge is 0.506 e. The van der Waals surface area contributed by atoms with Gasteiger partial charge in [-0.3, -0.25) is 14.3 Å². The summed E-state index contributed by atoms with van der Waals surface area (Å²) in [6.45, 7) is 1.80. The molecule has 0 aliphatic heterocycles. The van der Waals surface area contributed by atoms with E-state index in [0.717, 1.165) is 31.9 Å². The number of aromatic nitrogens is 4. The Balaban J connectivity index is 1.96. The smallest absolute Gasteiger partial charge is 0.434 e. The molecule has 1 N–H and O–H groups in total. The van der Waals surface area contributed by atoms with Crippen molar-refractivity contribution in [2.45, 2.75) is 57.7 Å². The topological polar surface area (TPSA) is 80.9 Å². The van der Waals surface area contributed by atoms with Gasteiger partial charge in [-0.05, 0) is 37.5 Å². The van der Waals surface area contributed by atoms with Gasteiger partial charge in [0.15, 0.2) is 11.5 Å². The van der Waals surface area contributed by atoms with E-state index in [1.54, 1.807) is 6.92 Å². The number of pyridine rings is 2. The molecule has 0 saturated heterocycles. The van der Waals surface area contributed by atoms with Crippen LogP contribution in [0.25, 0.3) is 22.4 Å². The highest BCUT2D eigenvalue weighted by molar-refractivity contribution is 5.82. The Labute approximate surface area is 176 Å². The van der Waals surface area contributed by atoms with Gasteiger partial charge in [0.1, 0.15) is 11.4 Å². The van der Waals surface area contributed by atoms with Crippen molar-refractivity contribution in [2.24, 2.45) is 5.92 Å². The first-order valence-corrected chi connectivity index (χ1v) is 10.4. The van der Waals surface area contributed by atoms with Gasteiger partial charge in [0.05, 0.1) is 10.9 Å². The highest BCUT2D eigenvalue weighted by Gasteiger charge is 2.37. The van der Waals surface area contributed by atoms with Crippen molar-refractivity contribution in [3.8, 4) is 17.3 Å². The van der Waals surface area contributed by atoms with Crippen LogP contribution in [0, 0.1) is 5.92 Å².